The molecule has 0 unspecified atom stereocenters. The summed E-state index contributed by atoms with van der Waals surface area (Å²) in [7, 11) is -0.640. The smallest absolute Gasteiger partial charge is 0.316 e. The molecule has 0 N–H and O–H groups in total. The lowest BCUT2D eigenvalue weighted by Crippen LogP contribution is -2.66. The normalized spacial score (nSPS) is 39.8. The van der Waals surface area contributed by atoms with Gasteiger partial charge in [0.2, 0.25) is 8.32 Å². The van der Waals surface area contributed by atoms with Crippen LogP contribution in [0.2, 0.25) is 18.1 Å². The Morgan fingerprint density at radius 2 is 1.81 bits per heavy atom. The molecule has 232 valence electrons. The second-order valence-electron chi connectivity index (χ2n) is 15.6. The van der Waals surface area contributed by atoms with Gasteiger partial charge in [-0.05, 0) is 73.7 Å². The van der Waals surface area contributed by atoms with E-state index in [-0.39, 0.29) is 41.2 Å². The minimum absolute atomic E-state index is 0.0560. The molecule has 2 heterocycles. The van der Waals surface area contributed by atoms with Crippen molar-refractivity contribution in [2.75, 3.05) is 7.11 Å². The molecule has 2 aliphatic heterocycles. The lowest BCUT2D eigenvalue weighted by atomic mass is 9.42. The number of hydrogen-bond acceptors (Lipinski definition) is 7. The number of benzene rings is 1. The van der Waals surface area contributed by atoms with Gasteiger partial charge in [-0.15, -0.1) is 0 Å². The minimum atomic E-state index is -2.02. The van der Waals surface area contributed by atoms with E-state index in [1.807, 2.05) is 19.9 Å². The molecule has 3 fully saturated rings. The van der Waals surface area contributed by atoms with Crippen LogP contribution in [0.4, 0.5) is 0 Å². The van der Waals surface area contributed by atoms with E-state index in [4.69, 9.17) is 18.6 Å². The quantitative estimate of drug-likeness (QED) is 0.214. The Kier molecular flexibility index (Phi) is 6.63. The van der Waals surface area contributed by atoms with Crippen LogP contribution >= 0.6 is 0 Å². The Morgan fingerprint density at radius 1 is 1.12 bits per heavy atom. The first-order valence-electron chi connectivity index (χ1n) is 15.6. The van der Waals surface area contributed by atoms with Gasteiger partial charge in [0, 0.05) is 22.7 Å². The molecule has 6 rings (SSSR count). The van der Waals surface area contributed by atoms with Crippen molar-refractivity contribution in [2.45, 2.75) is 104 Å². The van der Waals surface area contributed by atoms with Crippen LogP contribution in [0.15, 0.2) is 47.6 Å². The number of carbonyl (C=O) groups excluding carboxylic acids is 3. The number of hydrogen-bond donors (Lipinski definition) is 0. The molecule has 3 aliphatic carbocycles. The van der Waals surface area contributed by atoms with Crippen LogP contribution in [-0.2, 0) is 28.6 Å². The van der Waals surface area contributed by atoms with E-state index in [1.54, 1.807) is 6.08 Å². The van der Waals surface area contributed by atoms with E-state index in [2.05, 4.69) is 65.9 Å². The largest absolute Gasteiger partial charge is 0.543 e. The maximum atomic E-state index is 13.9. The molecule has 1 aromatic rings. The van der Waals surface area contributed by atoms with Crippen molar-refractivity contribution < 1.29 is 33.0 Å². The Labute approximate surface area is 256 Å². The molecule has 0 spiro atoms. The molecule has 7 nitrogen and oxygen atoms in total. The van der Waals surface area contributed by atoms with Gasteiger partial charge in [0.15, 0.2) is 5.78 Å². The van der Waals surface area contributed by atoms with Crippen molar-refractivity contribution in [1.29, 1.82) is 0 Å². The fraction of sp³-hybridized carbons (Fsp3) is 0.629. The summed E-state index contributed by atoms with van der Waals surface area (Å²) in [5.41, 5.74) is 0.817. The van der Waals surface area contributed by atoms with Crippen molar-refractivity contribution in [2.24, 2.45) is 28.1 Å². The van der Waals surface area contributed by atoms with E-state index in [9.17, 15) is 14.4 Å². The van der Waals surface area contributed by atoms with Gasteiger partial charge >= 0.3 is 11.9 Å². The molecule has 0 aromatic heterocycles. The lowest BCUT2D eigenvalue weighted by Gasteiger charge is -2.59. The van der Waals surface area contributed by atoms with Crippen molar-refractivity contribution in [3.05, 3.63) is 53.1 Å². The van der Waals surface area contributed by atoms with Crippen LogP contribution in [0.5, 0.6) is 5.75 Å². The van der Waals surface area contributed by atoms with Crippen LogP contribution in [0, 0.1) is 28.1 Å². The molecule has 9 atom stereocenters. The monoisotopic (exact) mass is 606 g/mol. The fourth-order valence-electron chi connectivity index (χ4n) is 9.18. The molecular formula is C35H46O7Si. The molecule has 0 radical (unpaired) electrons. The zero-order valence-electron chi connectivity index (χ0n) is 27.2. The summed E-state index contributed by atoms with van der Waals surface area (Å²) < 4.78 is 24.9. The van der Waals surface area contributed by atoms with Crippen LogP contribution in [-0.4, -0.2) is 51.5 Å². The first-order valence-corrected chi connectivity index (χ1v) is 18.5. The van der Waals surface area contributed by atoms with Crippen LogP contribution in [0.3, 0.4) is 0 Å². The number of fused-ring (bicyclic) bond motifs is 4. The second-order valence-corrected chi connectivity index (χ2v) is 20.3. The highest BCUT2D eigenvalue weighted by atomic mass is 28.4. The van der Waals surface area contributed by atoms with E-state index in [1.165, 1.54) is 24.3 Å². The fourth-order valence-corrected chi connectivity index (χ4v) is 10.2. The minimum Gasteiger partial charge on any atom is -0.543 e. The van der Waals surface area contributed by atoms with E-state index < -0.39 is 48.6 Å². The standard InChI is InChI=1S/C35H46O7Si/c1-19-22(20-12-11-13-21(16-20)42-43(9,10)32(2,3)4)17-23-27(19)35(7)24(18-26(37)39-8)34(6)25(36)14-15-33(5)29(34)28(30(35)40-23)41-31(33)38/h11-16,22-24,28-30H,17-18H2,1-10H3/t22-,23+,24+,28+,29-,30+,33+,34-,35+/m0/s1. The van der Waals surface area contributed by atoms with Gasteiger partial charge in [0.25, 0.3) is 0 Å². The third-order valence-electron chi connectivity index (χ3n) is 12.4. The van der Waals surface area contributed by atoms with Gasteiger partial charge in [-0.2, -0.15) is 0 Å². The van der Waals surface area contributed by atoms with E-state index >= 15 is 0 Å². The highest BCUT2D eigenvalue weighted by molar-refractivity contribution is 6.74. The summed E-state index contributed by atoms with van der Waals surface area (Å²) in [5, 5.41) is 0.0812. The van der Waals surface area contributed by atoms with Crippen LogP contribution < -0.4 is 4.43 Å². The summed E-state index contributed by atoms with van der Waals surface area (Å²) >= 11 is 0. The van der Waals surface area contributed by atoms with Gasteiger partial charge in [0.05, 0.1) is 25.0 Å². The first kappa shape index (κ1) is 30.3. The maximum Gasteiger partial charge on any atom is 0.316 e. The van der Waals surface area contributed by atoms with Crippen molar-refractivity contribution >= 4 is 26.0 Å². The highest BCUT2D eigenvalue weighted by Gasteiger charge is 2.77. The third kappa shape index (κ3) is 3.97. The molecule has 2 saturated heterocycles. The maximum absolute atomic E-state index is 13.9. The first-order chi connectivity index (χ1) is 19.9. The van der Waals surface area contributed by atoms with Crippen molar-refractivity contribution in [3.63, 3.8) is 0 Å². The van der Waals surface area contributed by atoms with Gasteiger partial charge < -0.3 is 18.6 Å². The number of ether oxygens (including phenoxy) is 3. The van der Waals surface area contributed by atoms with Gasteiger partial charge in [0.1, 0.15) is 18.0 Å². The van der Waals surface area contributed by atoms with Crippen molar-refractivity contribution in [3.8, 4) is 5.75 Å². The van der Waals surface area contributed by atoms with E-state index in [0.29, 0.717) is 0 Å². The summed E-state index contributed by atoms with van der Waals surface area (Å²) in [5.74, 6) is -0.657. The summed E-state index contributed by atoms with van der Waals surface area (Å²) in [6.07, 6.45) is 2.79. The Hall–Kier alpha value is -2.71. The topological polar surface area (TPSA) is 88.1 Å². The number of rotatable bonds is 5. The highest BCUT2D eigenvalue weighted by Crippen LogP contribution is 2.72. The molecule has 1 saturated carbocycles. The third-order valence-corrected chi connectivity index (χ3v) is 16.8. The van der Waals surface area contributed by atoms with Crippen molar-refractivity contribution in [1.82, 2.24) is 0 Å². The van der Waals surface area contributed by atoms with E-state index in [0.717, 1.165) is 17.7 Å². The molecule has 8 heteroatoms. The number of carbonyl (C=O) groups is 3. The Balaban J connectivity index is 1.45. The van der Waals surface area contributed by atoms with Gasteiger partial charge in [-0.3, -0.25) is 14.4 Å². The summed E-state index contributed by atoms with van der Waals surface area (Å²) in [6.45, 7) is 19.3. The molecule has 1 aromatic carbocycles. The summed E-state index contributed by atoms with van der Waals surface area (Å²) in [6, 6.07) is 8.42. The SMILES string of the molecule is COC(=O)C[C@H]1[C@]2(C)C3=C(C)[C@@H](c4cccc(O[Si](C)(C)C(C)(C)C)c4)C[C@H]3O[C@@H]2[C@@H]2OC(=O)[C@]3(C)C=CC(=O)[C@@]1(C)[C@@H]23. The second kappa shape index (κ2) is 9.40. The molecule has 43 heavy (non-hydrogen) atoms. The number of methoxy groups -OCH3 is 1. The average molecular weight is 607 g/mol. The Bertz CT molecular complexity index is 1470. The molecule has 0 amide bonds. The average Bonchev–Trinajstić information content (AvgIpc) is 3.51. The van der Waals surface area contributed by atoms with Crippen LogP contribution in [0.1, 0.15) is 72.8 Å². The van der Waals surface area contributed by atoms with Gasteiger partial charge in [-0.25, -0.2) is 0 Å². The predicted molar refractivity (Wildman–Crippen MR) is 165 cm³/mol. The zero-order chi connectivity index (χ0) is 31.5. The predicted octanol–water partition coefficient (Wildman–Crippen LogP) is 6.53. The summed E-state index contributed by atoms with van der Waals surface area (Å²) in [4.78, 5) is 40.3. The number of esters is 2. The van der Waals surface area contributed by atoms with Crippen LogP contribution in [0.25, 0.3) is 0 Å². The zero-order valence-corrected chi connectivity index (χ0v) is 28.2. The number of allylic oxidation sites excluding steroid dienone is 2. The van der Waals surface area contributed by atoms with Gasteiger partial charge in [-0.1, -0.05) is 58.4 Å². The molecular weight excluding hydrogens is 560 g/mol. The molecule has 0 bridgehead atoms. The molecule has 5 aliphatic rings. The Morgan fingerprint density at radius 3 is 2.47 bits per heavy atom. The number of ketones is 1. The lowest BCUT2D eigenvalue weighted by molar-refractivity contribution is -0.190.